The van der Waals surface area contributed by atoms with Gasteiger partial charge in [-0.05, 0) is 65.5 Å². The van der Waals surface area contributed by atoms with Crippen LogP contribution in [0.4, 0.5) is 0 Å². The zero-order chi connectivity index (χ0) is 20.5. The third-order valence-corrected chi connectivity index (χ3v) is 8.75. The molecule has 1 fully saturated rings. The van der Waals surface area contributed by atoms with Crippen LogP contribution < -0.4 is 4.72 Å². The standard InChI is InChI=1S/C18H19BrN2O5S2/c1-13-8-9-14(28(25,26)21-10-4-5-11-21)12-15(13)18(22)20-27(23,24)17-7-3-2-6-16(17)19/h2-3,6-9,12H,4-5,10-11H2,1H3,(H,20,22). The van der Waals surface area contributed by atoms with Crippen LogP contribution >= 0.6 is 15.9 Å². The lowest BCUT2D eigenvalue weighted by Crippen LogP contribution is -2.32. The van der Waals surface area contributed by atoms with E-state index in [9.17, 15) is 21.6 Å². The number of sulfonamides is 2. The Morgan fingerprint density at radius 3 is 2.32 bits per heavy atom. The first-order valence-electron chi connectivity index (χ1n) is 8.55. The molecule has 0 aromatic heterocycles. The van der Waals surface area contributed by atoms with Gasteiger partial charge < -0.3 is 0 Å². The van der Waals surface area contributed by atoms with Crippen molar-refractivity contribution in [1.29, 1.82) is 0 Å². The number of amides is 1. The molecule has 1 aliphatic heterocycles. The first kappa shape index (κ1) is 21.0. The summed E-state index contributed by atoms with van der Waals surface area (Å²) in [7, 11) is -7.84. The molecular formula is C18H19BrN2O5S2. The smallest absolute Gasteiger partial charge is 0.265 e. The van der Waals surface area contributed by atoms with Crippen LogP contribution in [0.5, 0.6) is 0 Å². The van der Waals surface area contributed by atoms with Crippen molar-refractivity contribution in [3.63, 3.8) is 0 Å². The number of halogens is 1. The van der Waals surface area contributed by atoms with E-state index in [2.05, 4.69) is 15.9 Å². The largest absolute Gasteiger partial charge is 0.268 e. The monoisotopic (exact) mass is 486 g/mol. The Morgan fingerprint density at radius 2 is 1.68 bits per heavy atom. The van der Waals surface area contributed by atoms with Crippen molar-refractivity contribution in [2.24, 2.45) is 0 Å². The topological polar surface area (TPSA) is 101 Å². The first-order valence-corrected chi connectivity index (χ1v) is 12.3. The fourth-order valence-electron chi connectivity index (χ4n) is 2.98. The van der Waals surface area contributed by atoms with E-state index in [4.69, 9.17) is 0 Å². The van der Waals surface area contributed by atoms with Gasteiger partial charge >= 0.3 is 0 Å². The van der Waals surface area contributed by atoms with Gasteiger partial charge in [-0.1, -0.05) is 18.2 Å². The van der Waals surface area contributed by atoms with E-state index >= 15 is 0 Å². The zero-order valence-corrected chi connectivity index (χ0v) is 18.3. The van der Waals surface area contributed by atoms with Crippen molar-refractivity contribution in [3.05, 3.63) is 58.1 Å². The Kier molecular flexibility index (Phi) is 5.95. The van der Waals surface area contributed by atoms with Crippen LogP contribution in [0.25, 0.3) is 0 Å². The summed E-state index contributed by atoms with van der Waals surface area (Å²) < 4.78 is 54.3. The van der Waals surface area contributed by atoms with Crippen LogP contribution in [0.2, 0.25) is 0 Å². The van der Waals surface area contributed by atoms with Crippen molar-refractivity contribution in [1.82, 2.24) is 9.03 Å². The van der Waals surface area contributed by atoms with Crippen molar-refractivity contribution < 1.29 is 21.6 Å². The molecule has 150 valence electrons. The second kappa shape index (κ2) is 7.94. The maximum absolute atomic E-state index is 12.7. The van der Waals surface area contributed by atoms with Gasteiger partial charge in [0.25, 0.3) is 15.9 Å². The first-order chi connectivity index (χ1) is 13.1. The van der Waals surface area contributed by atoms with Gasteiger partial charge in [0.05, 0.1) is 4.90 Å². The summed E-state index contributed by atoms with van der Waals surface area (Å²) in [4.78, 5) is 12.5. The van der Waals surface area contributed by atoms with E-state index in [0.29, 0.717) is 23.1 Å². The second-order valence-corrected chi connectivity index (χ2v) is 10.9. The molecule has 3 rings (SSSR count). The van der Waals surface area contributed by atoms with Crippen molar-refractivity contribution in [2.75, 3.05) is 13.1 Å². The lowest BCUT2D eigenvalue weighted by molar-refractivity contribution is 0.0980. The molecule has 7 nitrogen and oxygen atoms in total. The number of nitrogens with one attached hydrogen (secondary N) is 1. The number of rotatable bonds is 5. The Morgan fingerprint density at radius 1 is 1.04 bits per heavy atom. The van der Waals surface area contributed by atoms with Crippen LogP contribution in [-0.2, 0) is 20.0 Å². The minimum atomic E-state index is -4.13. The summed E-state index contributed by atoms with van der Waals surface area (Å²) in [6.07, 6.45) is 1.59. The third-order valence-electron chi connectivity index (χ3n) is 4.51. The Labute approximate surface area is 173 Å². The van der Waals surface area contributed by atoms with Crippen molar-refractivity contribution >= 4 is 41.9 Å². The van der Waals surface area contributed by atoms with Gasteiger partial charge in [-0.2, -0.15) is 4.31 Å². The Bertz CT molecular complexity index is 1120. The molecular weight excluding hydrogens is 468 g/mol. The summed E-state index contributed by atoms with van der Waals surface area (Å²) in [6.45, 7) is 2.49. The number of carbonyl (C=O) groups is 1. The summed E-state index contributed by atoms with van der Waals surface area (Å²) >= 11 is 3.15. The molecule has 2 aromatic carbocycles. The lowest BCUT2D eigenvalue weighted by atomic mass is 10.1. The molecule has 28 heavy (non-hydrogen) atoms. The second-order valence-electron chi connectivity index (χ2n) is 6.45. The molecule has 1 saturated heterocycles. The zero-order valence-electron chi connectivity index (χ0n) is 15.1. The summed E-state index contributed by atoms with van der Waals surface area (Å²) in [6, 6.07) is 10.3. The number of aryl methyl sites for hydroxylation is 1. The van der Waals surface area contributed by atoms with E-state index in [1.165, 1.54) is 34.6 Å². The lowest BCUT2D eigenvalue weighted by Gasteiger charge is -2.17. The predicted molar refractivity (Wildman–Crippen MR) is 108 cm³/mol. The molecule has 0 aliphatic carbocycles. The highest BCUT2D eigenvalue weighted by Crippen LogP contribution is 2.24. The highest BCUT2D eigenvalue weighted by Gasteiger charge is 2.29. The highest BCUT2D eigenvalue weighted by molar-refractivity contribution is 9.10. The maximum atomic E-state index is 12.7. The molecule has 0 unspecified atom stereocenters. The minimum absolute atomic E-state index is 0.00380. The van der Waals surface area contributed by atoms with E-state index in [0.717, 1.165) is 12.8 Å². The normalized spacial score (nSPS) is 15.5. The number of carbonyl (C=O) groups excluding carboxylic acids is 1. The van der Waals surface area contributed by atoms with E-state index < -0.39 is 26.0 Å². The van der Waals surface area contributed by atoms with E-state index in [-0.39, 0.29) is 15.4 Å². The summed E-state index contributed by atoms with van der Waals surface area (Å²) in [5, 5.41) is 0. The number of nitrogens with zero attached hydrogens (tertiary/aromatic N) is 1. The molecule has 0 radical (unpaired) electrons. The number of benzene rings is 2. The van der Waals surface area contributed by atoms with Crippen LogP contribution in [0.3, 0.4) is 0 Å². The van der Waals surface area contributed by atoms with Gasteiger partial charge in [0.15, 0.2) is 0 Å². The molecule has 0 saturated carbocycles. The Balaban J connectivity index is 1.93. The summed E-state index contributed by atoms with van der Waals surface area (Å²) in [5.41, 5.74) is 0.469. The molecule has 2 aromatic rings. The van der Waals surface area contributed by atoms with Gasteiger partial charge in [0, 0.05) is 23.1 Å². The molecule has 0 spiro atoms. The van der Waals surface area contributed by atoms with Crippen LogP contribution in [-0.4, -0.2) is 40.1 Å². The highest BCUT2D eigenvalue weighted by atomic mass is 79.9. The molecule has 0 bridgehead atoms. The quantitative estimate of drug-likeness (QED) is 0.699. The van der Waals surface area contributed by atoms with Crippen molar-refractivity contribution in [3.8, 4) is 0 Å². The molecule has 1 amide bonds. The van der Waals surface area contributed by atoms with Gasteiger partial charge in [-0.15, -0.1) is 0 Å². The molecule has 1 N–H and O–H groups in total. The number of hydrogen-bond acceptors (Lipinski definition) is 5. The number of hydrogen-bond donors (Lipinski definition) is 1. The van der Waals surface area contributed by atoms with Gasteiger partial charge in [0.1, 0.15) is 4.90 Å². The molecule has 10 heteroatoms. The van der Waals surface area contributed by atoms with E-state index in [1.807, 2.05) is 4.72 Å². The van der Waals surface area contributed by atoms with Gasteiger partial charge in [-0.25, -0.2) is 21.6 Å². The fourth-order valence-corrected chi connectivity index (χ4v) is 6.49. The van der Waals surface area contributed by atoms with Gasteiger partial charge in [0.2, 0.25) is 10.0 Å². The Hall–Kier alpha value is -1.75. The fraction of sp³-hybridized carbons (Fsp3) is 0.278. The minimum Gasteiger partial charge on any atom is -0.268 e. The van der Waals surface area contributed by atoms with E-state index in [1.54, 1.807) is 19.1 Å². The molecule has 1 heterocycles. The van der Waals surface area contributed by atoms with Crippen LogP contribution in [0.1, 0.15) is 28.8 Å². The third kappa shape index (κ3) is 4.14. The summed E-state index contributed by atoms with van der Waals surface area (Å²) in [5.74, 6) is -0.883. The van der Waals surface area contributed by atoms with Gasteiger partial charge in [-0.3, -0.25) is 4.79 Å². The maximum Gasteiger partial charge on any atom is 0.265 e. The molecule has 0 atom stereocenters. The average Bonchev–Trinajstić information content (AvgIpc) is 3.17. The average molecular weight is 487 g/mol. The van der Waals surface area contributed by atoms with Crippen LogP contribution in [0, 0.1) is 6.92 Å². The SMILES string of the molecule is Cc1ccc(S(=O)(=O)N2CCCC2)cc1C(=O)NS(=O)(=O)c1ccccc1Br. The molecule has 1 aliphatic rings. The van der Waals surface area contributed by atoms with Crippen LogP contribution in [0.15, 0.2) is 56.7 Å². The van der Waals surface area contributed by atoms with Crippen molar-refractivity contribution in [2.45, 2.75) is 29.6 Å². The predicted octanol–water partition coefficient (Wildman–Crippen LogP) is 2.66.